The van der Waals surface area contributed by atoms with Gasteiger partial charge in [0.1, 0.15) is 12.2 Å². The van der Waals surface area contributed by atoms with Gasteiger partial charge in [-0.1, -0.05) is 30.4 Å². The molecule has 1 N–H and O–H groups in total. The lowest BCUT2D eigenvalue weighted by molar-refractivity contribution is -0.148. The molecule has 0 aromatic carbocycles. The van der Waals surface area contributed by atoms with Crippen molar-refractivity contribution in [3.8, 4) is 0 Å². The van der Waals surface area contributed by atoms with Crippen LogP contribution in [0.25, 0.3) is 0 Å². The van der Waals surface area contributed by atoms with E-state index in [-0.39, 0.29) is 30.5 Å². The molecule has 1 saturated heterocycles. The van der Waals surface area contributed by atoms with Crippen molar-refractivity contribution in [1.29, 1.82) is 0 Å². The number of fused-ring (bicyclic) bond motifs is 3. The van der Waals surface area contributed by atoms with Crippen LogP contribution < -0.4 is 0 Å². The van der Waals surface area contributed by atoms with Crippen molar-refractivity contribution in [2.45, 2.75) is 38.9 Å². The van der Waals surface area contributed by atoms with Gasteiger partial charge in [-0.05, 0) is 32.3 Å². The van der Waals surface area contributed by atoms with Gasteiger partial charge in [-0.3, -0.25) is 0 Å². The molecule has 0 radical (unpaired) electrons. The number of rotatable bonds is 3. The van der Waals surface area contributed by atoms with E-state index in [1.165, 1.54) is 11.6 Å². The van der Waals surface area contributed by atoms with Gasteiger partial charge in [-0.2, -0.15) is 0 Å². The van der Waals surface area contributed by atoms with E-state index in [1.807, 2.05) is 6.92 Å². The van der Waals surface area contributed by atoms with Crippen LogP contribution >= 0.6 is 0 Å². The molecule has 1 aliphatic heterocycles. The number of hydrogen-bond donors (Lipinski definition) is 1. The molecule has 0 aromatic rings. The summed E-state index contributed by atoms with van der Waals surface area (Å²) in [6, 6.07) is 0. The van der Waals surface area contributed by atoms with E-state index in [1.54, 1.807) is 6.92 Å². The maximum Gasteiger partial charge on any atom is 0.334 e. The van der Waals surface area contributed by atoms with Crippen LogP contribution in [0.1, 0.15) is 26.7 Å². The molecule has 1 heterocycles. The summed E-state index contributed by atoms with van der Waals surface area (Å²) in [6.07, 6.45) is 4.02. The Balaban J connectivity index is 1.93. The van der Waals surface area contributed by atoms with E-state index in [9.17, 15) is 9.59 Å². The summed E-state index contributed by atoms with van der Waals surface area (Å²) >= 11 is 0. The third-order valence-electron chi connectivity index (χ3n) is 5.63. The highest BCUT2D eigenvalue weighted by Crippen LogP contribution is 2.50. The van der Waals surface area contributed by atoms with Crippen molar-refractivity contribution in [3.05, 3.63) is 47.6 Å². The van der Waals surface area contributed by atoms with Gasteiger partial charge >= 0.3 is 11.9 Å². The fraction of sp³-hybridized carbons (Fsp3) is 0.500. The molecule has 5 atom stereocenters. The summed E-state index contributed by atoms with van der Waals surface area (Å²) in [4.78, 5) is 24.5. The highest BCUT2D eigenvalue weighted by atomic mass is 16.6. The summed E-state index contributed by atoms with van der Waals surface area (Å²) in [5.41, 5.74) is 2.89. The molecule has 1 saturated carbocycles. The summed E-state index contributed by atoms with van der Waals surface area (Å²) in [6.45, 7) is 11.5. The maximum absolute atomic E-state index is 12.3. The normalized spacial score (nSPS) is 34.8. The van der Waals surface area contributed by atoms with E-state index in [4.69, 9.17) is 14.6 Å². The van der Waals surface area contributed by atoms with Crippen molar-refractivity contribution < 1.29 is 24.2 Å². The zero-order valence-corrected chi connectivity index (χ0v) is 14.7. The van der Waals surface area contributed by atoms with Gasteiger partial charge in [0.05, 0.1) is 12.5 Å². The van der Waals surface area contributed by atoms with Gasteiger partial charge in [0, 0.05) is 23.5 Å². The van der Waals surface area contributed by atoms with Gasteiger partial charge in [-0.25, -0.2) is 9.59 Å². The fourth-order valence-electron chi connectivity index (χ4n) is 4.26. The smallest absolute Gasteiger partial charge is 0.334 e. The van der Waals surface area contributed by atoms with E-state index >= 15 is 0 Å². The van der Waals surface area contributed by atoms with Crippen molar-refractivity contribution >= 4 is 11.9 Å². The molecule has 25 heavy (non-hydrogen) atoms. The Hall–Kier alpha value is -2.14. The van der Waals surface area contributed by atoms with Gasteiger partial charge in [-0.15, -0.1) is 0 Å². The predicted molar refractivity (Wildman–Crippen MR) is 92.3 cm³/mol. The van der Waals surface area contributed by atoms with E-state index in [2.05, 4.69) is 19.2 Å². The zero-order chi connectivity index (χ0) is 18.3. The Morgan fingerprint density at radius 2 is 2.16 bits per heavy atom. The molecular weight excluding hydrogens is 320 g/mol. The number of aliphatic hydroxyl groups excluding tert-OH is 1. The Labute approximate surface area is 147 Å². The monoisotopic (exact) mass is 344 g/mol. The quantitative estimate of drug-likeness (QED) is 0.484. The van der Waals surface area contributed by atoms with Crippen LogP contribution in [0.2, 0.25) is 0 Å². The van der Waals surface area contributed by atoms with Gasteiger partial charge in [0.2, 0.25) is 0 Å². The van der Waals surface area contributed by atoms with Gasteiger partial charge in [0.25, 0.3) is 0 Å². The molecule has 3 rings (SSSR count). The second kappa shape index (κ2) is 6.64. The molecule has 0 amide bonds. The average molecular weight is 344 g/mol. The number of carbonyl (C=O) groups excluding carboxylic acids is 2. The Morgan fingerprint density at radius 3 is 2.84 bits per heavy atom. The Morgan fingerprint density at radius 1 is 1.44 bits per heavy atom. The number of hydrogen-bond acceptors (Lipinski definition) is 5. The molecule has 5 unspecified atom stereocenters. The maximum atomic E-state index is 12.3. The third-order valence-corrected chi connectivity index (χ3v) is 5.63. The van der Waals surface area contributed by atoms with Crippen LogP contribution in [0.3, 0.4) is 0 Å². The Kier molecular flexibility index (Phi) is 4.69. The molecule has 3 aliphatic rings. The van der Waals surface area contributed by atoms with Crippen LogP contribution in [0.15, 0.2) is 47.6 Å². The molecular formula is C20H24O5. The number of ether oxygens (including phenoxy) is 2. The van der Waals surface area contributed by atoms with Gasteiger partial charge < -0.3 is 14.6 Å². The van der Waals surface area contributed by atoms with Crippen molar-refractivity contribution in [3.63, 3.8) is 0 Å². The average Bonchev–Trinajstić information content (AvgIpc) is 3.03. The first-order valence-corrected chi connectivity index (χ1v) is 8.57. The highest BCUT2D eigenvalue weighted by Gasteiger charge is 2.54. The third kappa shape index (κ3) is 2.97. The molecule has 2 fully saturated rings. The van der Waals surface area contributed by atoms with Crippen LogP contribution in [0, 0.1) is 17.8 Å². The minimum Gasteiger partial charge on any atom is -0.458 e. The fourth-order valence-corrected chi connectivity index (χ4v) is 4.26. The van der Waals surface area contributed by atoms with E-state index in [0.717, 1.165) is 12.0 Å². The first-order valence-electron chi connectivity index (χ1n) is 8.57. The molecule has 0 bridgehead atoms. The zero-order valence-electron chi connectivity index (χ0n) is 14.7. The first-order chi connectivity index (χ1) is 11.8. The van der Waals surface area contributed by atoms with Gasteiger partial charge in [0.15, 0.2) is 0 Å². The second-order valence-electron chi connectivity index (χ2n) is 7.11. The molecule has 0 spiro atoms. The van der Waals surface area contributed by atoms with Crippen LogP contribution in [0.5, 0.6) is 0 Å². The number of carbonyl (C=O) groups is 2. The number of aliphatic hydroxyl groups is 1. The summed E-state index contributed by atoms with van der Waals surface area (Å²) < 4.78 is 11.3. The molecule has 2 aliphatic carbocycles. The molecule has 5 nitrogen and oxygen atoms in total. The molecule has 0 aromatic heterocycles. The Bertz CT molecular complexity index is 699. The van der Waals surface area contributed by atoms with Crippen LogP contribution in [-0.4, -0.2) is 35.9 Å². The summed E-state index contributed by atoms with van der Waals surface area (Å²) in [7, 11) is 0. The second-order valence-corrected chi connectivity index (χ2v) is 7.11. The summed E-state index contributed by atoms with van der Waals surface area (Å²) in [5, 5.41) is 8.96. The predicted octanol–water partition coefficient (Wildman–Crippen LogP) is 2.48. The minimum atomic E-state index is -0.538. The summed E-state index contributed by atoms with van der Waals surface area (Å²) in [5.74, 6) is -1.02. The first kappa shape index (κ1) is 17.7. The number of esters is 2. The topological polar surface area (TPSA) is 72.8 Å². The number of allylic oxidation sites excluding steroid dienone is 1. The SMILES string of the molecule is C=C1CC(OC(=O)C(C)=CCO)C2C(=C)C(=O)OC2C2C(C)=CCC12. The lowest BCUT2D eigenvalue weighted by Crippen LogP contribution is -2.36. The van der Waals surface area contributed by atoms with Crippen molar-refractivity contribution in [2.24, 2.45) is 17.8 Å². The largest absolute Gasteiger partial charge is 0.458 e. The standard InChI is InChI=1S/C20H24O5/c1-10-5-6-14-12(3)9-15(24-19(22)11(2)7-8-21)17-13(4)20(23)25-18(17)16(10)14/h5,7,14-18,21H,3-4,6,8-9H2,1-2H3. The lowest BCUT2D eigenvalue weighted by atomic mass is 9.80. The van der Waals surface area contributed by atoms with Crippen LogP contribution in [-0.2, 0) is 19.1 Å². The van der Waals surface area contributed by atoms with Crippen LogP contribution in [0.4, 0.5) is 0 Å². The minimum absolute atomic E-state index is 0.0680. The molecule has 5 heteroatoms. The molecule has 134 valence electrons. The highest BCUT2D eigenvalue weighted by molar-refractivity contribution is 5.92. The van der Waals surface area contributed by atoms with E-state index < -0.39 is 18.0 Å². The van der Waals surface area contributed by atoms with Crippen molar-refractivity contribution in [2.75, 3.05) is 6.61 Å². The van der Waals surface area contributed by atoms with Crippen molar-refractivity contribution in [1.82, 2.24) is 0 Å². The van der Waals surface area contributed by atoms with E-state index in [0.29, 0.717) is 17.6 Å². The lowest BCUT2D eigenvalue weighted by Gasteiger charge is -2.28.